The molecule has 0 aliphatic heterocycles. The second kappa shape index (κ2) is 4.92. The van der Waals surface area contributed by atoms with Gasteiger partial charge in [0.25, 0.3) is 0 Å². The quantitative estimate of drug-likeness (QED) is 0.832. The van der Waals surface area contributed by atoms with E-state index in [1.165, 1.54) is 6.92 Å². The van der Waals surface area contributed by atoms with Crippen molar-refractivity contribution in [3.8, 4) is 0 Å². The molecule has 0 aliphatic rings. The number of sulfone groups is 1. The Hall–Kier alpha value is -0.950. The molecule has 1 aromatic rings. The fraction of sp³-hybridized carbons (Fsp3) is 0.778. The molecule has 0 aliphatic carbocycles. The van der Waals surface area contributed by atoms with Crippen LogP contribution in [0.15, 0.2) is 4.52 Å². The molecule has 92 valence electrons. The maximum absolute atomic E-state index is 11.3. The summed E-state index contributed by atoms with van der Waals surface area (Å²) in [7, 11) is -3.21. The Morgan fingerprint density at radius 3 is 2.62 bits per heavy atom. The molecule has 6 nitrogen and oxygen atoms in total. The molecule has 0 saturated carbocycles. The van der Waals surface area contributed by atoms with Gasteiger partial charge in [-0.15, -0.1) is 0 Å². The van der Waals surface area contributed by atoms with Crippen molar-refractivity contribution in [2.24, 2.45) is 5.73 Å². The fourth-order valence-electron chi connectivity index (χ4n) is 1.19. The molecular weight excluding hydrogens is 230 g/mol. The summed E-state index contributed by atoms with van der Waals surface area (Å²) in [5, 5.41) is 2.88. The number of aromatic nitrogens is 2. The van der Waals surface area contributed by atoms with Crippen LogP contribution in [0.4, 0.5) is 0 Å². The van der Waals surface area contributed by atoms with Crippen LogP contribution >= 0.6 is 0 Å². The van der Waals surface area contributed by atoms with Gasteiger partial charge in [0.1, 0.15) is 5.25 Å². The van der Waals surface area contributed by atoms with Gasteiger partial charge in [-0.2, -0.15) is 4.98 Å². The zero-order chi connectivity index (χ0) is 12.3. The molecule has 1 heterocycles. The minimum Gasteiger partial charge on any atom is -0.338 e. The Morgan fingerprint density at radius 1 is 1.50 bits per heavy atom. The molecular formula is C9H17N3O3S. The average Bonchev–Trinajstić information content (AvgIpc) is 2.64. The Morgan fingerprint density at radius 2 is 2.12 bits per heavy atom. The first-order chi connectivity index (χ1) is 7.36. The molecule has 0 bridgehead atoms. The molecule has 1 unspecified atom stereocenters. The third kappa shape index (κ3) is 3.02. The highest BCUT2D eigenvalue weighted by Gasteiger charge is 2.24. The van der Waals surface area contributed by atoms with E-state index < -0.39 is 15.1 Å². The van der Waals surface area contributed by atoms with Crippen molar-refractivity contribution in [2.45, 2.75) is 38.0 Å². The number of hydrogen-bond donors (Lipinski definition) is 1. The van der Waals surface area contributed by atoms with Crippen molar-refractivity contribution in [2.75, 3.05) is 6.26 Å². The van der Waals surface area contributed by atoms with Crippen LogP contribution in [0.3, 0.4) is 0 Å². The van der Waals surface area contributed by atoms with Gasteiger partial charge >= 0.3 is 0 Å². The summed E-state index contributed by atoms with van der Waals surface area (Å²) in [5.74, 6) is 0.469. The highest BCUT2D eigenvalue weighted by molar-refractivity contribution is 7.90. The molecule has 16 heavy (non-hydrogen) atoms. The smallest absolute Gasteiger partial charge is 0.243 e. The number of hydrogen-bond acceptors (Lipinski definition) is 6. The summed E-state index contributed by atoms with van der Waals surface area (Å²) >= 11 is 0. The van der Waals surface area contributed by atoms with E-state index in [-0.39, 0.29) is 11.9 Å². The fourth-order valence-corrected chi connectivity index (χ4v) is 1.67. The minimum absolute atomic E-state index is 0.170. The first kappa shape index (κ1) is 13.1. The van der Waals surface area contributed by atoms with E-state index in [4.69, 9.17) is 10.3 Å². The van der Waals surface area contributed by atoms with Crippen molar-refractivity contribution >= 4 is 9.84 Å². The molecule has 7 heteroatoms. The van der Waals surface area contributed by atoms with Crippen molar-refractivity contribution < 1.29 is 12.9 Å². The summed E-state index contributed by atoms with van der Waals surface area (Å²) in [6, 6.07) is -0.321. The van der Waals surface area contributed by atoms with Crippen LogP contribution < -0.4 is 5.73 Å². The maximum Gasteiger partial charge on any atom is 0.243 e. The minimum atomic E-state index is -3.21. The van der Waals surface area contributed by atoms with E-state index in [0.29, 0.717) is 5.89 Å². The lowest BCUT2D eigenvalue weighted by atomic mass is 10.2. The third-order valence-electron chi connectivity index (χ3n) is 2.38. The van der Waals surface area contributed by atoms with Gasteiger partial charge in [-0.1, -0.05) is 18.5 Å². The molecule has 2 atom stereocenters. The average molecular weight is 247 g/mol. The molecule has 0 spiro atoms. The molecule has 0 fully saturated rings. The van der Waals surface area contributed by atoms with Gasteiger partial charge in [0.05, 0.1) is 6.04 Å². The molecule has 0 saturated heterocycles. The van der Waals surface area contributed by atoms with Crippen LogP contribution in [0.5, 0.6) is 0 Å². The molecule has 0 amide bonds. The van der Waals surface area contributed by atoms with Crippen LogP contribution in [0.25, 0.3) is 0 Å². The lowest BCUT2D eigenvalue weighted by molar-refractivity contribution is 0.344. The van der Waals surface area contributed by atoms with Crippen LogP contribution in [0, 0.1) is 0 Å². The molecule has 0 radical (unpaired) electrons. The van der Waals surface area contributed by atoms with Crippen LogP contribution in [0.1, 0.15) is 49.7 Å². The Bertz CT molecular complexity index is 441. The predicted octanol–water partition coefficient (Wildman–Crippen LogP) is 0.975. The van der Waals surface area contributed by atoms with Crippen molar-refractivity contribution in [3.05, 3.63) is 11.7 Å². The molecule has 0 aromatic carbocycles. The van der Waals surface area contributed by atoms with E-state index in [0.717, 1.165) is 19.1 Å². The summed E-state index contributed by atoms with van der Waals surface area (Å²) in [6.07, 6.45) is 2.77. The first-order valence-electron chi connectivity index (χ1n) is 5.14. The Kier molecular flexibility index (Phi) is 4.03. The highest BCUT2D eigenvalue weighted by Crippen LogP contribution is 2.20. The monoisotopic (exact) mass is 247 g/mol. The number of rotatable bonds is 5. The van der Waals surface area contributed by atoms with E-state index in [1.54, 1.807) is 0 Å². The van der Waals surface area contributed by atoms with Gasteiger partial charge in [0, 0.05) is 6.26 Å². The number of nitrogens with two attached hydrogens (primary N) is 1. The highest BCUT2D eigenvalue weighted by atomic mass is 32.2. The topological polar surface area (TPSA) is 99.1 Å². The molecule has 1 aromatic heterocycles. The zero-order valence-electron chi connectivity index (χ0n) is 9.67. The van der Waals surface area contributed by atoms with Gasteiger partial charge in [0.2, 0.25) is 5.89 Å². The third-order valence-corrected chi connectivity index (χ3v) is 3.88. The van der Waals surface area contributed by atoms with Gasteiger partial charge < -0.3 is 10.3 Å². The lowest BCUT2D eigenvalue weighted by Crippen LogP contribution is -2.12. The van der Waals surface area contributed by atoms with E-state index in [2.05, 4.69) is 10.1 Å². The normalized spacial score (nSPS) is 16.0. The summed E-state index contributed by atoms with van der Waals surface area (Å²) in [5.41, 5.74) is 5.78. The van der Waals surface area contributed by atoms with Crippen molar-refractivity contribution in [3.63, 3.8) is 0 Å². The first-order valence-corrected chi connectivity index (χ1v) is 7.09. The number of nitrogens with zero attached hydrogens (tertiary/aromatic N) is 2. The predicted molar refractivity (Wildman–Crippen MR) is 59.4 cm³/mol. The standard InChI is InChI=1S/C9H17N3O3S/c1-4-5-7(10)9-11-8(12-15-9)6(2)16(3,13)14/h6-7H,4-5,10H2,1-3H3/t6?,7-/m1/s1. The second-order valence-electron chi connectivity index (χ2n) is 3.86. The van der Waals surface area contributed by atoms with Crippen molar-refractivity contribution in [1.29, 1.82) is 0 Å². The lowest BCUT2D eigenvalue weighted by Gasteiger charge is -2.03. The maximum atomic E-state index is 11.3. The van der Waals surface area contributed by atoms with Gasteiger partial charge in [-0.25, -0.2) is 8.42 Å². The summed E-state index contributed by atoms with van der Waals surface area (Å²) in [4.78, 5) is 4.01. The summed E-state index contributed by atoms with van der Waals surface area (Å²) in [6.45, 7) is 3.52. The molecule has 2 N–H and O–H groups in total. The Labute approximate surface area is 95.1 Å². The van der Waals surface area contributed by atoms with E-state index >= 15 is 0 Å². The van der Waals surface area contributed by atoms with Crippen molar-refractivity contribution in [1.82, 2.24) is 10.1 Å². The largest absolute Gasteiger partial charge is 0.338 e. The van der Waals surface area contributed by atoms with Crippen LogP contribution in [0.2, 0.25) is 0 Å². The van der Waals surface area contributed by atoms with Crippen LogP contribution in [-0.2, 0) is 9.84 Å². The van der Waals surface area contributed by atoms with Gasteiger partial charge in [0.15, 0.2) is 15.7 Å². The van der Waals surface area contributed by atoms with Gasteiger partial charge in [-0.05, 0) is 13.3 Å². The zero-order valence-corrected chi connectivity index (χ0v) is 10.5. The van der Waals surface area contributed by atoms with E-state index in [1.807, 2.05) is 6.92 Å². The SMILES string of the molecule is CCC[C@@H](N)c1nc(C(C)S(C)(=O)=O)no1. The van der Waals surface area contributed by atoms with Crippen LogP contribution in [-0.4, -0.2) is 24.8 Å². The van der Waals surface area contributed by atoms with Gasteiger partial charge in [-0.3, -0.25) is 0 Å². The van der Waals surface area contributed by atoms with E-state index in [9.17, 15) is 8.42 Å². The Balaban J connectivity index is 2.87. The molecule has 1 rings (SSSR count). The second-order valence-corrected chi connectivity index (χ2v) is 6.22. The summed E-state index contributed by atoms with van der Waals surface area (Å²) < 4.78 is 27.5.